The third-order valence-electron chi connectivity index (χ3n) is 10.9. The minimum Gasteiger partial charge on any atom is -0.444 e. The Balaban J connectivity index is 1.59. The Labute approximate surface area is 338 Å². The molecule has 2 aliphatic rings. The Morgan fingerprint density at radius 2 is 1.66 bits per heavy atom. The molecule has 6 atom stereocenters. The molecule has 0 saturated carbocycles. The fourth-order valence-electron chi connectivity index (χ4n) is 7.56. The number of nitrogens with one attached hydrogen (secondary N) is 2. The topological polar surface area (TPSA) is 188 Å². The van der Waals surface area contributed by atoms with E-state index < -0.39 is 95.8 Å². The number of amides is 4. The number of nitrogens with zero attached hydrogens (tertiary/aromatic N) is 4. The van der Waals surface area contributed by atoms with Crippen LogP contribution in [0.5, 0.6) is 0 Å². The van der Waals surface area contributed by atoms with Gasteiger partial charge in [0.15, 0.2) is 11.6 Å². The lowest BCUT2D eigenvalue weighted by Gasteiger charge is -2.33. The van der Waals surface area contributed by atoms with Crippen molar-refractivity contribution in [3.05, 3.63) is 59.7 Å². The predicted molar refractivity (Wildman–Crippen MR) is 209 cm³/mol. The molecule has 1 saturated heterocycles. The number of Topliss-reactive ketones (excluding diaryl/α,β-unsaturated/α-hetero) is 2. The van der Waals surface area contributed by atoms with E-state index >= 15 is 8.78 Å². The molecule has 318 valence electrons. The number of carbonyl (C=O) groups is 6. The molecule has 1 aromatic heterocycles. The molecular formula is C42H58F2N6O8. The van der Waals surface area contributed by atoms with Crippen molar-refractivity contribution in [3.8, 4) is 0 Å². The van der Waals surface area contributed by atoms with Crippen LogP contribution in [0.1, 0.15) is 102 Å². The van der Waals surface area contributed by atoms with Gasteiger partial charge in [0, 0.05) is 56.7 Å². The molecule has 4 rings (SSSR count). The summed E-state index contributed by atoms with van der Waals surface area (Å²) in [6.45, 7) is 12.1. The van der Waals surface area contributed by atoms with Gasteiger partial charge < -0.3 is 30.3 Å². The van der Waals surface area contributed by atoms with Gasteiger partial charge in [0.1, 0.15) is 23.9 Å². The number of aliphatic hydroxyl groups is 1. The third kappa shape index (κ3) is 11.4. The first kappa shape index (κ1) is 45.8. The van der Waals surface area contributed by atoms with E-state index in [2.05, 4.69) is 20.6 Å². The summed E-state index contributed by atoms with van der Waals surface area (Å²) in [4.78, 5) is 92.3. The van der Waals surface area contributed by atoms with Crippen LogP contribution in [-0.4, -0.2) is 110 Å². The van der Waals surface area contributed by atoms with Crippen LogP contribution in [0.2, 0.25) is 0 Å². The first-order valence-electron chi connectivity index (χ1n) is 20.2. The molecule has 0 radical (unpaired) electrons. The van der Waals surface area contributed by atoms with Gasteiger partial charge in [-0.1, -0.05) is 65.3 Å². The first-order valence-corrected chi connectivity index (χ1v) is 20.2. The minimum atomic E-state index is -4.21. The number of fused-ring (bicyclic) bond motifs is 1. The van der Waals surface area contributed by atoms with Crippen LogP contribution in [0.3, 0.4) is 0 Å². The maximum Gasteiger partial charge on any atom is 0.410 e. The molecule has 1 fully saturated rings. The highest BCUT2D eigenvalue weighted by atomic mass is 19.3. The van der Waals surface area contributed by atoms with Gasteiger partial charge in [-0.3, -0.25) is 29.0 Å². The minimum absolute atomic E-state index is 0.0263. The number of rotatable bonds is 18. The predicted octanol–water partition coefficient (Wildman–Crippen LogP) is 4.52. The number of ether oxygens (including phenoxy) is 1. The molecule has 58 heavy (non-hydrogen) atoms. The zero-order chi connectivity index (χ0) is 42.9. The lowest BCUT2D eigenvalue weighted by Crippen LogP contribution is -2.56. The first-order chi connectivity index (χ1) is 27.3. The Hall–Kier alpha value is -4.86. The van der Waals surface area contributed by atoms with Crippen LogP contribution in [0, 0.1) is 23.7 Å². The van der Waals surface area contributed by atoms with Crippen molar-refractivity contribution < 1.29 is 47.4 Å². The number of halogens is 2. The highest BCUT2D eigenvalue weighted by Gasteiger charge is 2.51. The molecular weight excluding hydrogens is 754 g/mol. The zero-order valence-electron chi connectivity index (χ0n) is 34.5. The molecule has 2 aromatic rings. The van der Waals surface area contributed by atoms with Crippen molar-refractivity contribution in [2.45, 2.75) is 130 Å². The van der Waals surface area contributed by atoms with Crippen molar-refractivity contribution in [2.75, 3.05) is 13.1 Å². The van der Waals surface area contributed by atoms with Gasteiger partial charge in [-0.2, -0.15) is 8.78 Å². The molecule has 3 heterocycles. The number of likely N-dealkylation sites (tertiary alicyclic amines) is 1. The number of alkyl halides is 2. The Morgan fingerprint density at radius 1 is 0.966 bits per heavy atom. The molecule has 0 spiro atoms. The SMILES string of the molecule is CCC[C@H](CC(=O)[C@@H]1C[C@@H](OC(=O)N2CCc3ccccc3C2)CN1C(=O)[C@@H](NC(=O)[C@@H](CC(=O)c1cnccn1)C(C)C)C(C)C)C(O)C(F)(F)C(=O)NC(C)C. The molecule has 1 unspecified atom stereocenters. The van der Waals surface area contributed by atoms with Gasteiger partial charge in [-0.25, -0.2) is 9.78 Å². The molecule has 0 aliphatic carbocycles. The molecule has 14 nitrogen and oxygen atoms in total. The Bertz CT molecular complexity index is 1780. The molecule has 3 N–H and O–H groups in total. The largest absolute Gasteiger partial charge is 0.444 e. The van der Waals surface area contributed by atoms with E-state index in [0.29, 0.717) is 25.9 Å². The van der Waals surface area contributed by atoms with Crippen LogP contribution in [0.25, 0.3) is 0 Å². The monoisotopic (exact) mass is 812 g/mol. The Kier molecular flexibility index (Phi) is 16.0. The van der Waals surface area contributed by atoms with Gasteiger partial charge in [0.05, 0.1) is 18.8 Å². The highest BCUT2D eigenvalue weighted by molar-refractivity contribution is 5.98. The molecule has 4 amide bonds. The second kappa shape index (κ2) is 20.2. The summed E-state index contributed by atoms with van der Waals surface area (Å²) in [7, 11) is 0. The summed E-state index contributed by atoms with van der Waals surface area (Å²) >= 11 is 0. The number of aliphatic hydroxyl groups excluding tert-OH is 1. The Morgan fingerprint density at radius 3 is 2.26 bits per heavy atom. The zero-order valence-corrected chi connectivity index (χ0v) is 34.5. The van der Waals surface area contributed by atoms with Crippen LogP contribution in [0.15, 0.2) is 42.9 Å². The van der Waals surface area contributed by atoms with E-state index in [0.717, 1.165) is 11.1 Å². The van der Waals surface area contributed by atoms with Gasteiger partial charge >= 0.3 is 12.0 Å². The average Bonchev–Trinajstić information content (AvgIpc) is 3.61. The van der Waals surface area contributed by atoms with E-state index in [4.69, 9.17) is 4.74 Å². The van der Waals surface area contributed by atoms with Crippen molar-refractivity contribution >= 4 is 35.4 Å². The third-order valence-corrected chi connectivity index (χ3v) is 10.9. The van der Waals surface area contributed by atoms with Crippen LogP contribution in [0.4, 0.5) is 13.6 Å². The van der Waals surface area contributed by atoms with E-state index in [1.165, 1.54) is 42.2 Å². The van der Waals surface area contributed by atoms with Gasteiger partial charge in [-0.05, 0) is 55.6 Å². The van der Waals surface area contributed by atoms with E-state index in [1.807, 2.05) is 24.3 Å². The van der Waals surface area contributed by atoms with Gasteiger partial charge in [-0.15, -0.1) is 0 Å². The molecule has 2 aliphatic heterocycles. The molecule has 1 aromatic carbocycles. The summed E-state index contributed by atoms with van der Waals surface area (Å²) in [6.07, 6.45) is -0.0770. The number of hydrogen-bond acceptors (Lipinski definition) is 10. The summed E-state index contributed by atoms with van der Waals surface area (Å²) in [5, 5.41) is 15.8. The van der Waals surface area contributed by atoms with E-state index in [-0.39, 0.29) is 37.4 Å². The number of ketones is 2. The van der Waals surface area contributed by atoms with Crippen molar-refractivity contribution in [3.63, 3.8) is 0 Å². The lowest BCUT2D eigenvalue weighted by atomic mass is 9.85. The molecule has 0 bridgehead atoms. The average molecular weight is 813 g/mol. The smallest absolute Gasteiger partial charge is 0.410 e. The number of benzene rings is 1. The van der Waals surface area contributed by atoms with Crippen LogP contribution < -0.4 is 10.6 Å². The second-order valence-corrected chi connectivity index (χ2v) is 16.4. The summed E-state index contributed by atoms with van der Waals surface area (Å²) < 4.78 is 36.5. The lowest BCUT2D eigenvalue weighted by molar-refractivity contribution is -0.172. The molecule has 16 heteroatoms. The fraction of sp³-hybridized carbons (Fsp3) is 0.619. The quantitative estimate of drug-likeness (QED) is 0.181. The maximum absolute atomic E-state index is 15.3. The van der Waals surface area contributed by atoms with E-state index in [1.54, 1.807) is 34.6 Å². The number of hydrogen-bond donors (Lipinski definition) is 3. The number of aromatic nitrogens is 2. The summed E-state index contributed by atoms with van der Waals surface area (Å²) in [5.41, 5.74) is 2.18. The van der Waals surface area contributed by atoms with Crippen LogP contribution >= 0.6 is 0 Å². The second-order valence-electron chi connectivity index (χ2n) is 16.4. The van der Waals surface area contributed by atoms with Crippen molar-refractivity contribution in [2.24, 2.45) is 23.7 Å². The summed E-state index contributed by atoms with van der Waals surface area (Å²) in [6, 6.07) is 4.63. The van der Waals surface area contributed by atoms with Gasteiger partial charge in [0.25, 0.3) is 5.91 Å². The highest BCUT2D eigenvalue weighted by Crippen LogP contribution is 2.33. The normalized spacial score (nSPS) is 19.0. The number of carbonyl (C=O) groups excluding carboxylic acids is 6. The van der Waals surface area contributed by atoms with Crippen molar-refractivity contribution in [1.29, 1.82) is 0 Å². The maximum atomic E-state index is 15.3. The standard InChI is InChI=1S/C42H58F2N6O8/c1-8-11-28(37(53)42(43,44)40(56)47-26(6)7)18-35(52)33-19-30(58-41(57)49-17-14-27-12-9-10-13-29(27)22-49)23-50(33)39(55)36(25(4)5)48-38(54)31(24(2)3)20-34(51)32-21-45-15-16-46-32/h9-10,12-13,15-16,21,24-26,28,30-31,33,36-37,53H,8,11,14,17-20,22-23H2,1-7H3,(H,47,56)(H,48,54)/t28-,30-,31+,33+,36+,37?/m1/s1. The summed E-state index contributed by atoms with van der Waals surface area (Å²) in [5.74, 6) is -11.2. The fourth-order valence-corrected chi connectivity index (χ4v) is 7.56. The van der Waals surface area contributed by atoms with E-state index in [9.17, 15) is 33.9 Å². The van der Waals surface area contributed by atoms with Crippen molar-refractivity contribution in [1.82, 2.24) is 30.4 Å². The van der Waals surface area contributed by atoms with Gasteiger partial charge in [0.2, 0.25) is 11.8 Å². The van der Waals surface area contributed by atoms with Crippen LogP contribution in [-0.2, 0) is 36.9 Å².